The lowest BCUT2D eigenvalue weighted by Gasteiger charge is -2.36. The molecular formula is C14H26N2O2. The van der Waals surface area contributed by atoms with Gasteiger partial charge < -0.3 is 15.0 Å². The number of carbonyl (C=O) groups excluding carboxylic acids is 1. The highest BCUT2D eigenvalue weighted by Crippen LogP contribution is 2.19. The van der Waals surface area contributed by atoms with Gasteiger partial charge in [0, 0.05) is 25.7 Å². The SMILES string of the molecule is CCCNC1CCCN(C(=O)C2CCCOC2)C1. The van der Waals surface area contributed by atoms with Gasteiger partial charge in [-0.15, -0.1) is 0 Å². The predicted molar refractivity (Wildman–Crippen MR) is 71.4 cm³/mol. The van der Waals surface area contributed by atoms with Gasteiger partial charge in [0.25, 0.3) is 0 Å². The van der Waals surface area contributed by atoms with E-state index in [0.717, 1.165) is 51.9 Å². The van der Waals surface area contributed by atoms with Gasteiger partial charge in [0.05, 0.1) is 12.5 Å². The quantitative estimate of drug-likeness (QED) is 0.824. The maximum Gasteiger partial charge on any atom is 0.228 e. The molecule has 0 bridgehead atoms. The van der Waals surface area contributed by atoms with Crippen LogP contribution >= 0.6 is 0 Å². The summed E-state index contributed by atoms with van der Waals surface area (Å²) in [5.41, 5.74) is 0. The fourth-order valence-electron chi connectivity index (χ4n) is 2.89. The average molecular weight is 254 g/mol. The maximum atomic E-state index is 12.4. The van der Waals surface area contributed by atoms with E-state index in [1.54, 1.807) is 0 Å². The zero-order valence-electron chi connectivity index (χ0n) is 11.5. The highest BCUT2D eigenvalue weighted by atomic mass is 16.5. The van der Waals surface area contributed by atoms with E-state index >= 15 is 0 Å². The van der Waals surface area contributed by atoms with Crippen molar-refractivity contribution in [1.29, 1.82) is 0 Å². The molecule has 2 rings (SSSR count). The lowest BCUT2D eigenvalue weighted by atomic mass is 9.98. The van der Waals surface area contributed by atoms with Crippen LogP contribution in [0.25, 0.3) is 0 Å². The molecule has 1 amide bonds. The van der Waals surface area contributed by atoms with Crippen molar-refractivity contribution in [3.8, 4) is 0 Å². The van der Waals surface area contributed by atoms with Crippen LogP contribution in [0.5, 0.6) is 0 Å². The van der Waals surface area contributed by atoms with Gasteiger partial charge in [-0.2, -0.15) is 0 Å². The molecule has 0 radical (unpaired) electrons. The number of rotatable bonds is 4. The highest BCUT2D eigenvalue weighted by Gasteiger charge is 2.29. The number of nitrogens with one attached hydrogen (secondary N) is 1. The monoisotopic (exact) mass is 254 g/mol. The normalized spacial score (nSPS) is 29.3. The Morgan fingerprint density at radius 1 is 1.39 bits per heavy atom. The summed E-state index contributed by atoms with van der Waals surface area (Å²) in [5.74, 6) is 0.432. The Labute approximate surface area is 110 Å². The zero-order valence-corrected chi connectivity index (χ0v) is 11.5. The Bertz CT molecular complexity index is 265. The number of nitrogens with zero attached hydrogens (tertiary/aromatic N) is 1. The fraction of sp³-hybridized carbons (Fsp3) is 0.929. The van der Waals surface area contributed by atoms with Crippen LogP contribution in [0.2, 0.25) is 0 Å². The van der Waals surface area contributed by atoms with Crippen LogP contribution in [-0.4, -0.2) is 49.7 Å². The minimum atomic E-state index is 0.115. The van der Waals surface area contributed by atoms with Crippen molar-refractivity contribution in [3.63, 3.8) is 0 Å². The Morgan fingerprint density at radius 2 is 2.28 bits per heavy atom. The average Bonchev–Trinajstić information content (AvgIpc) is 2.45. The molecule has 0 spiro atoms. The van der Waals surface area contributed by atoms with Gasteiger partial charge in [-0.3, -0.25) is 4.79 Å². The molecule has 2 saturated heterocycles. The maximum absolute atomic E-state index is 12.4. The van der Waals surface area contributed by atoms with E-state index in [1.165, 1.54) is 6.42 Å². The molecule has 0 saturated carbocycles. The molecule has 2 atom stereocenters. The zero-order chi connectivity index (χ0) is 12.8. The fourth-order valence-corrected chi connectivity index (χ4v) is 2.89. The summed E-state index contributed by atoms with van der Waals surface area (Å²) >= 11 is 0. The van der Waals surface area contributed by atoms with Gasteiger partial charge in [-0.1, -0.05) is 6.92 Å². The van der Waals surface area contributed by atoms with E-state index < -0.39 is 0 Å². The standard InChI is InChI=1S/C14H26N2O2/c1-2-7-15-13-6-3-8-16(10-13)14(17)12-5-4-9-18-11-12/h12-13,15H,2-11H2,1H3. The summed E-state index contributed by atoms with van der Waals surface area (Å²) in [6.07, 6.45) is 5.51. The number of likely N-dealkylation sites (tertiary alicyclic amines) is 1. The van der Waals surface area contributed by atoms with E-state index in [9.17, 15) is 4.79 Å². The molecule has 2 fully saturated rings. The molecule has 1 N–H and O–H groups in total. The van der Waals surface area contributed by atoms with Crippen LogP contribution in [0, 0.1) is 5.92 Å². The molecular weight excluding hydrogens is 228 g/mol. The first-order chi connectivity index (χ1) is 8.81. The Morgan fingerprint density at radius 3 is 3.00 bits per heavy atom. The van der Waals surface area contributed by atoms with Crippen LogP contribution in [0.1, 0.15) is 39.0 Å². The third-order valence-corrected chi connectivity index (χ3v) is 3.93. The van der Waals surface area contributed by atoms with Crippen LogP contribution in [0.3, 0.4) is 0 Å². The van der Waals surface area contributed by atoms with Crippen LogP contribution in [0.15, 0.2) is 0 Å². The molecule has 104 valence electrons. The van der Waals surface area contributed by atoms with Crippen molar-refractivity contribution in [3.05, 3.63) is 0 Å². The number of hydrogen-bond acceptors (Lipinski definition) is 3. The molecule has 2 heterocycles. The minimum Gasteiger partial charge on any atom is -0.381 e. The summed E-state index contributed by atoms with van der Waals surface area (Å²) < 4.78 is 5.42. The molecule has 0 aromatic heterocycles. The van der Waals surface area contributed by atoms with Gasteiger partial charge in [0.2, 0.25) is 5.91 Å². The van der Waals surface area contributed by atoms with E-state index in [4.69, 9.17) is 4.74 Å². The molecule has 18 heavy (non-hydrogen) atoms. The van der Waals surface area contributed by atoms with Crippen molar-refractivity contribution in [2.45, 2.75) is 45.1 Å². The van der Waals surface area contributed by atoms with Crippen molar-refractivity contribution in [1.82, 2.24) is 10.2 Å². The Hall–Kier alpha value is -0.610. The number of carbonyl (C=O) groups is 1. The first-order valence-electron chi connectivity index (χ1n) is 7.41. The van der Waals surface area contributed by atoms with Crippen LogP contribution in [0.4, 0.5) is 0 Å². The summed E-state index contributed by atoms with van der Waals surface area (Å²) in [6.45, 7) is 6.50. The topological polar surface area (TPSA) is 41.6 Å². The van der Waals surface area contributed by atoms with E-state index in [1.807, 2.05) is 0 Å². The number of hydrogen-bond donors (Lipinski definition) is 1. The summed E-state index contributed by atoms with van der Waals surface area (Å²) in [7, 11) is 0. The Balaban J connectivity index is 1.81. The number of piperidine rings is 1. The lowest BCUT2D eigenvalue weighted by molar-refractivity contribution is -0.141. The molecule has 0 aliphatic carbocycles. The third-order valence-electron chi connectivity index (χ3n) is 3.93. The second-order valence-electron chi connectivity index (χ2n) is 5.49. The van der Waals surface area contributed by atoms with Gasteiger partial charge in [0.15, 0.2) is 0 Å². The van der Waals surface area contributed by atoms with Crippen LogP contribution < -0.4 is 5.32 Å². The van der Waals surface area contributed by atoms with E-state index in [0.29, 0.717) is 18.6 Å². The van der Waals surface area contributed by atoms with Gasteiger partial charge >= 0.3 is 0 Å². The third kappa shape index (κ3) is 3.69. The summed E-state index contributed by atoms with van der Waals surface area (Å²) in [5, 5.41) is 3.53. The first-order valence-corrected chi connectivity index (χ1v) is 7.41. The molecule has 0 aromatic rings. The van der Waals surface area contributed by atoms with Crippen molar-refractivity contribution >= 4 is 5.91 Å². The summed E-state index contributed by atoms with van der Waals surface area (Å²) in [6, 6.07) is 0.493. The van der Waals surface area contributed by atoms with Crippen molar-refractivity contribution in [2.24, 2.45) is 5.92 Å². The van der Waals surface area contributed by atoms with Crippen molar-refractivity contribution in [2.75, 3.05) is 32.8 Å². The Kier molecular flexibility index (Phi) is 5.45. The molecule has 4 nitrogen and oxygen atoms in total. The summed E-state index contributed by atoms with van der Waals surface area (Å²) in [4.78, 5) is 14.4. The minimum absolute atomic E-state index is 0.115. The second kappa shape index (κ2) is 7.10. The number of ether oxygens (including phenoxy) is 1. The largest absolute Gasteiger partial charge is 0.381 e. The molecule has 2 aliphatic rings. The second-order valence-corrected chi connectivity index (χ2v) is 5.49. The first kappa shape index (κ1) is 13.8. The lowest BCUT2D eigenvalue weighted by Crippen LogP contribution is -2.50. The van der Waals surface area contributed by atoms with Gasteiger partial charge in [0.1, 0.15) is 0 Å². The molecule has 2 unspecified atom stereocenters. The molecule has 2 aliphatic heterocycles. The highest BCUT2D eigenvalue weighted by molar-refractivity contribution is 5.79. The van der Waals surface area contributed by atoms with Crippen molar-refractivity contribution < 1.29 is 9.53 Å². The number of amides is 1. The smallest absolute Gasteiger partial charge is 0.228 e. The molecule has 4 heteroatoms. The van der Waals surface area contributed by atoms with E-state index in [2.05, 4.69) is 17.1 Å². The molecule has 0 aromatic carbocycles. The predicted octanol–water partition coefficient (Wildman–Crippen LogP) is 1.40. The van der Waals surface area contributed by atoms with Gasteiger partial charge in [-0.05, 0) is 38.6 Å². The van der Waals surface area contributed by atoms with E-state index in [-0.39, 0.29) is 5.92 Å². The van der Waals surface area contributed by atoms with Gasteiger partial charge in [-0.25, -0.2) is 0 Å². The van der Waals surface area contributed by atoms with Crippen LogP contribution in [-0.2, 0) is 9.53 Å².